The average Bonchev–Trinajstić information content (AvgIpc) is 3.18. The molecule has 0 radical (unpaired) electrons. The van der Waals surface area contributed by atoms with E-state index in [0.717, 1.165) is 11.3 Å². The highest BCUT2D eigenvalue weighted by Crippen LogP contribution is 2.21. The van der Waals surface area contributed by atoms with E-state index in [4.69, 9.17) is 4.74 Å². The van der Waals surface area contributed by atoms with Gasteiger partial charge in [-0.05, 0) is 45.0 Å². The number of likely N-dealkylation sites (N-methyl/N-ethyl adjacent to an activating group) is 1. The van der Waals surface area contributed by atoms with Crippen molar-refractivity contribution < 1.29 is 9.53 Å². The zero-order chi connectivity index (χ0) is 20.9. The molecule has 2 N–H and O–H groups in total. The fourth-order valence-electron chi connectivity index (χ4n) is 2.68. The van der Waals surface area contributed by atoms with Gasteiger partial charge in [-0.25, -0.2) is 9.78 Å². The number of hydrogen-bond donors (Lipinski definition) is 2. The molecule has 0 aliphatic heterocycles. The number of anilines is 1. The van der Waals surface area contributed by atoms with Gasteiger partial charge in [0.2, 0.25) is 0 Å². The second-order valence-electron chi connectivity index (χ2n) is 7.70. The number of carbonyl (C=O) groups is 1. The maximum atomic E-state index is 12.4. The normalized spacial score (nSPS) is 12.3. The topological polar surface area (TPSA) is 96.0 Å². The fourth-order valence-corrected chi connectivity index (χ4v) is 2.68. The summed E-state index contributed by atoms with van der Waals surface area (Å²) in [6.45, 7) is 5.87. The first-order valence-corrected chi connectivity index (χ1v) is 9.40. The van der Waals surface area contributed by atoms with Gasteiger partial charge < -0.3 is 15.0 Å². The lowest BCUT2D eigenvalue weighted by atomic mass is 10.2. The van der Waals surface area contributed by atoms with Crippen molar-refractivity contribution in [3.63, 3.8) is 0 Å². The SMILES string of the molecule is CN(CC(Nc1ccccc1)c1nc(-c2ccncc2)n[nH]1)C(=O)OC(C)(C)C. The second kappa shape index (κ2) is 8.72. The lowest BCUT2D eigenvalue weighted by Gasteiger charge is -2.27. The fraction of sp³-hybridized carbons (Fsp3) is 0.333. The van der Waals surface area contributed by atoms with Crippen LogP contribution in [-0.4, -0.2) is 50.4 Å². The molecule has 2 heterocycles. The first-order chi connectivity index (χ1) is 13.8. The average molecular weight is 394 g/mol. The van der Waals surface area contributed by atoms with E-state index < -0.39 is 11.7 Å². The summed E-state index contributed by atoms with van der Waals surface area (Å²) in [6, 6.07) is 13.1. The highest BCUT2D eigenvalue weighted by atomic mass is 16.6. The molecule has 8 nitrogen and oxygen atoms in total. The molecule has 0 aliphatic carbocycles. The number of para-hydroxylation sites is 1. The first kappa shape index (κ1) is 20.3. The summed E-state index contributed by atoms with van der Waals surface area (Å²) in [4.78, 5) is 22.6. The highest BCUT2D eigenvalue weighted by Gasteiger charge is 2.25. The number of H-pyrrole nitrogens is 1. The van der Waals surface area contributed by atoms with Crippen molar-refractivity contribution in [1.82, 2.24) is 25.1 Å². The number of pyridine rings is 1. The maximum absolute atomic E-state index is 12.4. The van der Waals surface area contributed by atoms with Crippen LogP contribution < -0.4 is 5.32 Å². The van der Waals surface area contributed by atoms with Crippen LogP contribution in [0.5, 0.6) is 0 Å². The van der Waals surface area contributed by atoms with Gasteiger partial charge in [-0.15, -0.1) is 0 Å². The quantitative estimate of drug-likeness (QED) is 0.658. The number of nitrogens with zero attached hydrogens (tertiary/aromatic N) is 4. The van der Waals surface area contributed by atoms with Crippen LogP contribution in [0.1, 0.15) is 32.6 Å². The number of carbonyl (C=O) groups excluding carboxylic acids is 1. The third-order valence-corrected chi connectivity index (χ3v) is 4.05. The molecule has 1 amide bonds. The van der Waals surface area contributed by atoms with Crippen molar-refractivity contribution in [2.75, 3.05) is 18.9 Å². The van der Waals surface area contributed by atoms with Gasteiger partial charge in [0.25, 0.3) is 0 Å². The third-order valence-electron chi connectivity index (χ3n) is 4.05. The summed E-state index contributed by atoms with van der Waals surface area (Å²) in [6.07, 6.45) is 2.99. The number of aromatic nitrogens is 4. The Hall–Kier alpha value is -3.42. The van der Waals surface area contributed by atoms with Gasteiger partial charge in [0.1, 0.15) is 17.5 Å². The molecule has 0 saturated carbocycles. The zero-order valence-electron chi connectivity index (χ0n) is 17.1. The summed E-state index contributed by atoms with van der Waals surface area (Å²) in [5, 5.41) is 10.7. The largest absolute Gasteiger partial charge is 0.444 e. The molecule has 3 aromatic rings. The first-order valence-electron chi connectivity index (χ1n) is 9.40. The van der Waals surface area contributed by atoms with E-state index in [2.05, 4.69) is 25.5 Å². The molecule has 0 saturated heterocycles. The third kappa shape index (κ3) is 5.78. The Labute approximate surface area is 170 Å². The monoisotopic (exact) mass is 394 g/mol. The second-order valence-corrected chi connectivity index (χ2v) is 7.70. The van der Waals surface area contributed by atoms with E-state index in [0.29, 0.717) is 18.2 Å². The standard InChI is InChI=1S/C21H26N6O2/c1-21(2,3)29-20(28)27(4)14-17(23-16-8-6-5-7-9-16)19-24-18(25-26-19)15-10-12-22-13-11-15/h5-13,17,23H,14H2,1-4H3,(H,24,25,26). The summed E-state index contributed by atoms with van der Waals surface area (Å²) >= 11 is 0. The van der Waals surface area contributed by atoms with Gasteiger partial charge in [-0.2, -0.15) is 5.10 Å². The predicted octanol–water partition coefficient (Wildman–Crippen LogP) is 3.89. The van der Waals surface area contributed by atoms with Gasteiger partial charge in [-0.1, -0.05) is 18.2 Å². The summed E-state index contributed by atoms with van der Waals surface area (Å²) in [7, 11) is 1.70. The Balaban J connectivity index is 1.82. The summed E-state index contributed by atoms with van der Waals surface area (Å²) in [5.74, 6) is 1.19. The van der Waals surface area contributed by atoms with Gasteiger partial charge in [0.15, 0.2) is 5.82 Å². The molecule has 0 fully saturated rings. The van der Waals surface area contributed by atoms with Crippen LogP contribution in [0, 0.1) is 0 Å². The van der Waals surface area contributed by atoms with E-state index >= 15 is 0 Å². The number of rotatable bonds is 6. The van der Waals surface area contributed by atoms with Gasteiger partial charge in [-0.3, -0.25) is 10.1 Å². The molecule has 1 unspecified atom stereocenters. The molecule has 2 aromatic heterocycles. The van der Waals surface area contributed by atoms with Gasteiger partial charge in [0, 0.05) is 30.7 Å². The van der Waals surface area contributed by atoms with Crippen molar-refractivity contribution >= 4 is 11.8 Å². The van der Waals surface area contributed by atoms with E-state index in [9.17, 15) is 4.79 Å². The Morgan fingerprint density at radius 2 is 1.86 bits per heavy atom. The lowest BCUT2D eigenvalue weighted by molar-refractivity contribution is 0.0291. The number of nitrogens with one attached hydrogen (secondary N) is 2. The van der Waals surface area contributed by atoms with Crippen molar-refractivity contribution in [3.05, 3.63) is 60.7 Å². The zero-order valence-corrected chi connectivity index (χ0v) is 17.1. The van der Waals surface area contributed by atoms with Crippen molar-refractivity contribution in [1.29, 1.82) is 0 Å². The van der Waals surface area contributed by atoms with E-state index in [1.807, 2.05) is 63.2 Å². The molecule has 8 heteroatoms. The number of hydrogen-bond acceptors (Lipinski definition) is 6. The maximum Gasteiger partial charge on any atom is 0.410 e. The molecule has 0 aliphatic rings. The Kier molecular flexibility index (Phi) is 6.11. The lowest BCUT2D eigenvalue weighted by Crippen LogP contribution is -2.38. The Bertz CT molecular complexity index is 921. The summed E-state index contributed by atoms with van der Waals surface area (Å²) in [5.41, 5.74) is 1.22. The molecular formula is C21H26N6O2. The minimum Gasteiger partial charge on any atom is -0.444 e. The van der Waals surface area contributed by atoms with Crippen LogP contribution in [0.2, 0.25) is 0 Å². The number of amides is 1. The molecule has 1 atom stereocenters. The van der Waals surface area contributed by atoms with Gasteiger partial charge >= 0.3 is 6.09 Å². The number of aromatic amines is 1. The van der Waals surface area contributed by atoms with Crippen LogP contribution in [0.15, 0.2) is 54.9 Å². The van der Waals surface area contributed by atoms with E-state index in [-0.39, 0.29) is 6.04 Å². The Morgan fingerprint density at radius 1 is 1.17 bits per heavy atom. The van der Waals surface area contributed by atoms with E-state index in [1.165, 1.54) is 4.90 Å². The molecule has 3 rings (SSSR count). The molecule has 0 bridgehead atoms. The van der Waals surface area contributed by atoms with E-state index in [1.54, 1.807) is 19.4 Å². The minimum atomic E-state index is -0.561. The molecule has 1 aromatic carbocycles. The van der Waals surface area contributed by atoms with Crippen LogP contribution in [0.4, 0.5) is 10.5 Å². The van der Waals surface area contributed by atoms with Crippen molar-refractivity contribution in [3.8, 4) is 11.4 Å². The summed E-state index contributed by atoms with van der Waals surface area (Å²) < 4.78 is 5.47. The Morgan fingerprint density at radius 3 is 2.52 bits per heavy atom. The molecule has 152 valence electrons. The number of ether oxygens (including phenoxy) is 1. The molecule has 29 heavy (non-hydrogen) atoms. The van der Waals surface area contributed by atoms with Crippen LogP contribution in [-0.2, 0) is 4.74 Å². The molecular weight excluding hydrogens is 368 g/mol. The smallest absolute Gasteiger partial charge is 0.410 e. The van der Waals surface area contributed by atoms with Gasteiger partial charge in [0.05, 0.1) is 6.54 Å². The highest BCUT2D eigenvalue weighted by molar-refractivity contribution is 5.68. The van der Waals surface area contributed by atoms with Crippen molar-refractivity contribution in [2.24, 2.45) is 0 Å². The van der Waals surface area contributed by atoms with Crippen LogP contribution >= 0.6 is 0 Å². The van der Waals surface area contributed by atoms with Crippen molar-refractivity contribution in [2.45, 2.75) is 32.4 Å². The predicted molar refractivity (Wildman–Crippen MR) is 111 cm³/mol. The molecule has 0 spiro atoms. The van der Waals surface area contributed by atoms with Crippen LogP contribution in [0.25, 0.3) is 11.4 Å². The number of benzene rings is 1. The minimum absolute atomic E-state index is 0.307. The van der Waals surface area contributed by atoms with Crippen LogP contribution in [0.3, 0.4) is 0 Å².